The number of aryl methyl sites for hydroxylation is 1. The highest BCUT2D eigenvalue weighted by atomic mass is 19.1. The van der Waals surface area contributed by atoms with Crippen LogP contribution >= 0.6 is 0 Å². The Balaban J connectivity index is 1.96. The van der Waals surface area contributed by atoms with Crippen LogP contribution in [0, 0.1) is 18.6 Å². The van der Waals surface area contributed by atoms with Crippen molar-refractivity contribution in [1.29, 1.82) is 0 Å². The normalized spacial score (nSPS) is 11.1. The molecule has 0 aliphatic rings. The van der Waals surface area contributed by atoms with Crippen molar-refractivity contribution in [3.05, 3.63) is 65.1 Å². The first-order chi connectivity index (χ1) is 10.6. The van der Waals surface area contributed by atoms with Crippen molar-refractivity contribution in [2.45, 2.75) is 20.1 Å². The third-order valence-corrected chi connectivity index (χ3v) is 3.31. The minimum atomic E-state index is -0.658. The summed E-state index contributed by atoms with van der Waals surface area (Å²) in [6.07, 6.45) is 3.51. The van der Waals surface area contributed by atoms with Gasteiger partial charge < -0.3 is 14.2 Å². The second-order valence-corrected chi connectivity index (χ2v) is 4.97. The topological polar surface area (TPSA) is 46.8 Å². The molecule has 22 heavy (non-hydrogen) atoms. The van der Waals surface area contributed by atoms with Gasteiger partial charge in [0, 0.05) is 12.4 Å². The van der Waals surface area contributed by atoms with Gasteiger partial charge in [0.15, 0.2) is 11.4 Å². The van der Waals surface area contributed by atoms with Crippen molar-refractivity contribution < 1.29 is 18.6 Å². The fourth-order valence-electron chi connectivity index (χ4n) is 2.26. The summed E-state index contributed by atoms with van der Waals surface area (Å²) < 4.78 is 34.5. The summed E-state index contributed by atoms with van der Waals surface area (Å²) >= 11 is 0. The van der Waals surface area contributed by atoms with E-state index in [0.717, 1.165) is 5.69 Å². The highest BCUT2D eigenvalue weighted by molar-refractivity contribution is 5.55. The molecule has 3 rings (SSSR count). The van der Waals surface area contributed by atoms with Gasteiger partial charge in [0.2, 0.25) is 0 Å². The number of hydrogen-bond acceptors (Lipinski definition) is 3. The molecule has 2 heterocycles. The van der Waals surface area contributed by atoms with Gasteiger partial charge >= 0.3 is 0 Å². The molecule has 3 aromatic rings. The zero-order valence-corrected chi connectivity index (χ0v) is 11.9. The Morgan fingerprint density at radius 1 is 1.23 bits per heavy atom. The van der Waals surface area contributed by atoms with Crippen LogP contribution in [-0.2, 0) is 13.2 Å². The Kier molecular flexibility index (Phi) is 3.77. The predicted octanol–water partition coefficient (Wildman–Crippen LogP) is 2.99. The number of rotatable bonds is 4. The minimum absolute atomic E-state index is 0.140. The zero-order chi connectivity index (χ0) is 15.7. The summed E-state index contributed by atoms with van der Waals surface area (Å²) in [4.78, 5) is 4.31. The van der Waals surface area contributed by atoms with Gasteiger partial charge in [-0.25, -0.2) is 13.8 Å². The molecule has 0 radical (unpaired) electrons. The van der Waals surface area contributed by atoms with E-state index in [1.807, 2.05) is 6.92 Å². The summed E-state index contributed by atoms with van der Waals surface area (Å²) in [7, 11) is 0. The molecule has 0 bridgehead atoms. The van der Waals surface area contributed by atoms with Crippen molar-refractivity contribution in [2.24, 2.45) is 0 Å². The molecule has 0 spiro atoms. The molecular weight excluding hydrogens is 290 g/mol. The number of imidazole rings is 1. The number of aliphatic hydroxyl groups is 1. The van der Waals surface area contributed by atoms with Gasteiger partial charge in [-0.3, -0.25) is 0 Å². The van der Waals surface area contributed by atoms with Gasteiger partial charge in [-0.05, 0) is 30.7 Å². The van der Waals surface area contributed by atoms with Gasteiger partial charge in [0.1, 0.15) is 18.2 Å². The van der Waals surface area contributed by atoms with Crippen LogP contribution in [0.1, 0.15) is 16.8 Å². The fraction of sp³-hybridized carbons (Fsp3) is 0.188. The van der Waals surface area contributed by atoms with Gasteiger partial charge in [-0.2, -0.15) is 0 Å². The van der Waals surface area contributed by atoms with Crippen LogP contribution in [0.15, 0.2) is 36.7 Å². The Labute approximate surface area is 125 Å². The number of aliphatic hydroxyl groups excluding tert-OH is 1. The van der Waals surface area contributed by atoms with E-state index in [1.54, 1.807) is 22.9 Å². The Morgan fingerprint density at radius 2 is 1.95 bits per heavy atom. The number of nitrogens with zero attached hydrogens (tertiary/aromatic N) is 2. The number of ether oxygens (including phenoxy) is 1. The molecule has 1 N–H and O–H groups in total. The first-order valence-corrected chi connectivity index (χ1v) is 6.73. The lowest BCUT2D eigenvalue weighted by Crippen LogP contribution is -2.03. The van der Waals surface area contributed by atoms with Crippen LogP contribution < -0.4 is 4.74 Å². The number of aromatic nitrogens is 2. The molecule has 0 unspecified atom stereocenters. The number of hydrogen-bond donors (Lipinski definition) is 1. The number of pyridine rings is 1. The van der Waals surface area contributed by atoms with Crippen molar-refractivity contribution in [3.63, 3.8) is 0 Å². The lowest BCUT2D eigenvalue weighted by molar-refractivity contribution is 0.275. The van der Waals surface area contributed by atoms with Crippen LogP contribution in [0.4, 0.5) is 8.78 Å². The SMILES string of the molecule is Cc1cn2cc(CO)cc(OCc3c(F)cccc3F)c2n1. The first-order valence-electron chi connectivity index (χ1n) is 6.73. The molecule has 0 aliphatic heterocycles. The van der Waals surface area contributed by atoms with Crippen molar-refractivity contribution in [2.75, 3.05) is 0 Å². The van der Waals surface area contributed by atoms with Crippen molar-refractivity contribution in [3.8, 4) is 5.75 Å². The summed E-state index contributed by atoms with van der Waals surface area (Å²) in [5.74, 6) is -0.954. The van der Waals surface area contributed by atoms with Crippen LogP contribution in [-0.4, -0.2) is 14.5 Å². The Bertz CT molecular complexity index is 810. The molecule has 6 heteroatoms. The van der Waals surface area contributed by atoms with Crippen molar-refractivity contribution >= 4 is 5.65 Å². The van der Waals surface area contributed by atoms with Crippen LogP contribution in [0.2, 0.25) is 0 Å². The summed E-state index contributed by atoms with van der Waals surface area (Å²) in [5.41, 5.74) is 1.79. The van der Waals surface area contributed by atoms with E-state index in [0.29, 0.717) is 17.0 Å². The second-order valence-electron chi connectivity index (χ2n) is 4.97. The van der Waals surface area contributed by atoms with Gasteiger partial charge in [-0.1, -0.05) is 6.07 Å². The molecule has 0 saturated carbocycles. The molecule has 0 saturated heterocycles. The average Bonchev–Trinajstić information content (AvgIpc) is 2.86. The quantitative estimate of drug-likeness (QED) is 0.806. The second kappa shape index (κ2) is 5.73. The third-order valence-electron chi connectivity index (χ3n) is 3.31. The Hall–Kier alpha value is -2.47. The van der Waals surface area contributed by atoms with E-state index in [9.17, 15) is 13.9 Å². The van der Waals surface area contributed by atoms with Gasteiger partial charge in [0.05, 0.1) is 17.9 Å². The molecule has 0 fully saturated rings. The lowest BCUT2D eigenvalue weighted by atomic mass is 10.2. The molecule has 114 valence electrons. The highest BCUT2D eigenvalue weighted by Crippen LogP contribution is 2.24. The first kappa shape index (κ1) is 14.5. The average molecular weight is 304 g/mol. The predicted molar refractivity (Wildman–Crippen MR) is 76.5 cm³/mol. The molecular formula is C16H14F2N2O2. The number of fused-ring (bicyclic) bond motifs is 1. The van der Waals surface area contributed by atoms with Crippen LogP contribution in [0.3, 0.4) is 0 Å². The fourth-order valence-corrected chi connectivity index (χ4v) is 2.26. The van der Waals surface area contributed by atoms with Crippen LogP contribution in [0.5, 0.6) is 5.75 Å². The number of halogens is 2. The van der Waals surface area contributed by atoms with E-state index in [2.05, 4.69) is 4.98 Å². The third kappa shape index (κ3) is 2.65. The maximum atomic E-state index is 13.6. The van der Waals surface area contributed by atoms with E-state index in [1.165, 1.54) is 18.2 Å². The molecule has 1 aromatic carbocycles. The summed E-state index contributed by atoms with van der Waals surface area (Å²) in [6.45, 7) is 1.40. The monoisotopic (exact) mass is 304 g/mol. The van der Waals surface area contributed by atoms with E-state index >= 15 is 0 Å². The van der Waals surface area contributed by atoms with Crippen molar-refractivity contribution in [1.82, 2.24) is 9.38 Å². The van der Waals surface area contributed by atoms with Crippen LogP contribution in [0.25, 0.3) is 5.65 Å². The van der Waals surface area contributed by atoms with Gasteiger partial charge in [0.25, 0.3) is 0 Å². The standard InChI is InChI=1S/C16H14F2N2O2/c1-10-6-20-7-11(8-21)5-15(16(20)19-10)22-9-12-13(17)3-2-4-14(12)18/h2-7,21H,8-9H2,1H3. The van der Waals surface area contributed by atoms with E-state index in [-0.39, 0.29) is 18.8 Å². The maximum absolute atomic E-state index is 13.6. The number of benzene rings is 1. The summed E-state index contributed by atoms with van der Waals surface area (Å²) in [5, 5.41) is 9.29. The molecule has 0 atom stereocenters. The Morgan fingerprint density at radius 3 is 2.64 bits per heavy atom. The highest BCUT2D eigenvalue weighted by Gasteiger charge is 2.12. The van der Waals surface area contributed by atoms with E-state index in [4.69, 9.17) is 4.74 Å². The smallest absolute Gasteiger partial charge is 0.179 e. The zero-order valence-electron chi connectivity index (χ0n) is 11.9. The minimum Gasteiger partial charge on any atom is -0.485 e. The maximum Gasteiger partial charge on any atom is 0.179 e. The molecule has 0 amide bonds. The summed E-state index contributed by atoms with van der Waals surface area (Å²) in [6, 6.07) is 5.28. The lowest BCUT2D eigenvalue weighted by Gasteiger charge is -2.10. The van der Waals surface area contributed by atoms with E-state index < -0.39 is 11.6 Å². The molecule has 0 aliphatic carbocycles. The van der Waals surface area contributed by atoms with Gasteiger partial charge in [-0.15, -0.1) is 0 Å². The largest absolute Gasteiger partial charge is 0.485 e. The molecule has 4 nitrogen and oxygen atoms in total. The molecule has 2 aromatic heterocycles.